The van der Waals surface area contributed by atoms with E-state index in [1.54, 1.807) is 0 Å². The van der Waals surface area contributed by atoms with Crippen LogP contribution in [-0.4, -0.2) is 4.98 Å². The molecule has 0 radical (unpaired) electrons. The highest BCUT2D eigenvalue weighted by molar-refractivity contribution is 9.13. The monoisotopic (exact) mass is 347 g/mol. The summed E-state index contributed by atoms with van der Waals surface area (Å²) in [6.45, 7) is 4.00. The van der Waals surface area contributed by atoms with E-state index < -0.39 is 0 Å². The third-order valence-corrected chi connectivity index (χ3v) is 4.95. The number of nitrogens with zero attached hydrogens (tertiary/aromatic N) is 1. The summed E-state index contributed by atoms with van der Waals surface area (Å²) in [5.41, 5.74) is 3.04. The van der Waals surface area contributed by atoms with Gasteiger partial charge in [0.25, 0.3) is 0 Å². The zero-order valence-electron chi connectivity index (χ0n) is 8.24. The SMILES string of the molecule is Cc1nc2c(C)ccc(Cl)c2c(Br)c1Br. The second kappa shape index (κ2) is 4.04. The maximum atomic E-state index is 6.17. The molecule has 1 nitrogen and oxygen atoms in total. The van der Waals surface area contributed by atoms with Crippen LogP contribution in [0.4, 0.5) is 0 Å². The minimum Gasteiger partial charge on any atom is -0.252 e. The minimum atomic E-state index is 0.718. The summed E-state index contributed by atoms with van der Waals surface area (Å²) in [6, 6.07) is 3.88. The highest BCUT2D eigenvalue weighted by Gasteiger charge is 2.12. The van der Waals surface area contributed by atoms with E-state index in [1.807, 2.05) is 26.0 Å². The van der Waals surface area contributed by atoms with Crippen LogP contribution >= 0.6 is 43.5 Å². The number of fused-ring (bicyclic) bond motifs is 1. The Labute approximate surface area is 110 Å². The average molecular weight is 349 g/mol. The van der Waals surface area contributed by atoms with Gasteiger partial charge in [0, 0.05) is 9.86 Å². The third-order valence-electron chi connectivity index (χ3n) is 2.34. The lowest BCUT2D eigenvalue weighted by atomic mass is 10.1. The van der Waals surface area contributed by atoms with Gasteiger partial charge in [0.1, 0.15) is 0 Å². The Morgan fingerprint density at radius 3 is 2.47 bits per heavy atom. The van der Waals surface area contributed by atoms with Crippen molar-refractivity contribution in [2.24, 2.45) is 0 Å². The van der Waals surface area contributed by atoms with Crippen molar-refractivity contribution in [3.8, 4) is 0 Å². The second-order valence-electron chi connectivity index (χ2n) is 3.41. The smallest absolute Gasteiger partial charge is 0.0761 e. The van der Waals surface area contributed by atoms with Crippen LogP contribution in [0.2, 0.25) is 5.02 Å². The van der Waals surface area contributed by atoms with Gasteiger partial charge in [-0.1, -0.05) is 17.7 Å². The van der Waals surface area contributed by atoms with Crippen molar-refractivity contribution >= 4 is 54.4 Å². The lowest BCUT2D eigenvalue weighted by Gasteiger charge is -2.09. The van der Waals surface area contributed by atoms with Crippen LogP contribution in [0.15, 0.2) is 21.1 Å². The predicted molar refractivity (Wildman–Crippen MR) is 71.6 cm³/mol. The molecule has 1 aromatic carbocycles. The highest BCUT2D eigenvalue weighted by atomic mass is 79.9. The third kappa shape index (κ3) is 1.81. The fraction of sp³-hybridized carbons (Fsp3) is 0.182. The Bertz CT molecular complexity index is 552. The lowest BCUT2D eigenvalue weighted by Crippen LogP contribution is -1.91. The van der Waals surface area contributed by atoms with E-state index in [2.05, 4.69) is 36.8 Å². The van der Waals surface area contributed by atoms with Gasteiger partial charge >= 0.3 is 0 Å². The van der Waals surface area contributed by atoms with Crippen LogP contribution in [0.5, 0.6) is 0 Å². The molecule has 15 heavy (non-hydrogen) atoms. The van der Waals surface area contributed by atoms with Gasteiger partial charge in [-0.15, -0.1) is 0 Å². The van der Waals surface area contributed by atoms with Crippen LogP contribution in [0.25, 0.3) is 10.9 Å². The van der Waals surface area contributed by atoms with E-state index in [4.69, 9.17) is 11.6 Å². The number of aryl methyl sites for hydroxylation is 2. The molecule has 0 N–H and O–H groups in total. The molecule has 0 fully saturated rings. The largest absolute Gasteiger partial charge is 0.252 e. The first-order valence-electron chi connectivity index (χ1n) is 4.42. The first-order chi connectivity index (χ1) is 7.02. The van der Waals surface area contributed by atoms with Gasteiger partial charge in [-0.3, -0.25) is 4.98 Å². The Hall–Kier alpha value is -0.120. The molecule has 0 saturated heterocycles. The number of hydrogen-bond donors (Lipinski definition) is 0. The van der Waals surface area contributed by atoms with Gasteiger partial charge in [-0.25, -0.2) is 0 Å². The molecule has 2 aromatic rings. The molecular weight excluding hydrogens is 341 g/mol. The lowest BCUT2D eigenvalue weighted by molar-refractivity contribution is 1.21. The van der Waals surface area contributed by atoms with Gasteiger partial charge in [0.15, 0.2) is 0 Å². The van der Waals surface area contributed by atoms with Gasteiger partial charge in [-0.2, -0.15) is 0 Å². The molecule has 78 valence electrons. The molecule has 0 aliphatic rings. The van der Waals surface area contributed by atoms with Crippen molar-refractivity contribution in [1.29, 1.82) is 0 Å². The Balaban J connectivity index is 3.04. The zero-order chi connectivity index (χ0) is 11.2. The molecule has 4 heteroatoms. The van der Waals surface area contributed by atoms with Gasteiger partial charge < -0.3 is 0 Å². The fourth-order valence-electron chi connectivity index (χ4n) is 1.51. The molecular formula is C11H8Br2ClN. The van der Waals surface area contributed by atoms with E-state index in [0.717, 1.165) is 36.1 Å². The molecule has 0 saturated carbocycles. The first kappa shape index (κ1) is 11.4. The first-order valence-corrected chi connectivity index (χ1v) is 6.39. The summed E-state index contributed by atoms with van der Waals surface area (Å²) >= 11 is 13.2. The number of halogens is 3. The summed E-state index contributed by atoms with van der Waals surface area (Å²) in [6.07, 6.45) is 0. The van der Waals surface area contributed by atoms with Crippen molar-refractivity contribution in [3.05, 3.63) is 37.4 Å². The van der Waals surface area contributed by atoms with E-state index in [1.165, 1.54) is 0 Å². The van der Waals surface area contributed by atoms with E-state index >= 15 is 0 Å². The number of aromatic nitrogens is 1. The Kier molecular flexibility index (Phi) is 3.06. The normalized spacial score (nSPS) is 11.0. The number of hydrogen-bond acceptors (Lipinski definition) is 1. The summed E-state index contributed by atoms with van der Waals surface area (Å²) in [4.78, 5) is 4.54. The van der Waals surface area contributed by atoms with Crippen LogP contribution in [0.1, 0.15) is 11.3 Å². The number of pyridine rings is 1. The van der Waals surface area contributed by atoms with Gasteiger partial charge in [0.2, 0.25) is 0 Å². The molecule has 0 aliphatic carbocycles. The van der Waals surface area contributed by atoms with Gasteiger partial charge in [0.05, 0.1) is 20.7 Å². The topological polar surface area (TPSA) is 12.9 Å². The van der Waals surface area contributed by atoms with E-state index in [0.29, 0.717) is 0 Å². The molecule has 2 rings (SSSR count). The van der Waals surface area contributed by atoms with Crippen molar-refractivity contribution in [2.45, 2.75) is 13.8 Å². The van der Waals surface area contributed by atoms with Crippen LogP contribution in [0, 0.1) is 13.8 Å². The minimum absolute atomic E-state index is 0.718. The second-order valence-corrected chi connectivity index (χ2v) is 5.41. The Morgan fingerprint density at radius 1 is 1.13 bits per heavy atom. The number of rotatable bonds is 0. The van der Waals surface area contributed by atoms with Crippen LogP contribution in [-0.2, 0) is 0 Å². The zero-order valence-corrected chi connectivity index (χ0v) is 12.2. The van der Waals surface area contributed by atoms with Crippen molar-refractivity contribution in [2.75, 3.05) is 0 Å². The van der Waals surface area contributed by atoms with E-state index in [9.17, 15) is 0 Å². The van der Waals surface area contributed by atoms with Crippen molar-refractivity contribution in [3.63, 3.8) is 0 Å². The summed E-state index contributed by atoms with van der Waals surface area (Å²) in [5.74, 6) is 0. The highest BCUT2D eigenvalue weighted by Crippen LogP contribution is 2.37. The Morgan fingerprint density at radius 2 is 1.80 bits per heavy atom. The van der Waals surface area contributed by atoms with Gasteiger partial charge in [-0.05, 0) is 57.3 Å². The molecule has 0 atom stereocenters. The van der Waals surface area contributed by atoms with E-state index in [-0.39, 0.29) is 0 Å². The standard InChI is InChI=1S/C11H8Br2ClN/c1-5-3-4-7(14)8-10(13)9(12)6(2)15-11(5)8/h3-4H,1-2H3. The average Bonchev–Trinajstić information content (AvgIpc) is 2.20. The fourth-order valence-corrected chi connectivity index (χ4v) is 2.85. The van der Waals surface area contributed by atoms with Crippen LogP contribution < -0.4 is 0 Å². The van der Waals surface area contributed by atoms with Crippen LogP contribution in [0.3, 0.4) is 0 Å². The molecule has 0 aliphatic heterocycles. The molecule has 0 unspecified atom stereocenters. The summed E-state index contributed by atoms with van der Waals surface area (Å²) in [5, 5.41) is 1.69. The summed E-state index contributed by atoms with van der Waals surface area (Å²) in [7, 11) is 0. The molecule has 1 aromatic heterocycles. The molecule has 0 spiro atoms. The summed E-state index contributed by atoms with van der Waals surface area (Å²) < 4.78 is 1.93. The van der Waals surface area contributed by atoms with Crippen molar-refractivity contribution < 1.29 is 0 Å². The molecule has 0 bridgehead atoms. The predicted octanol–water partition coefficient (Wildman–Crippen LogP) is 5.03. The molecule has 1 heterocycles. The van der Waals surface area contributed by atoms with Crippen molar-refractivity contribution in [1.82, 2.24) is 4.98 Å². The maximum absolute atomic E-state index is 6.17. The molecule has 0 amide bonds. The maximum Gasteiger partial charge on any atom is 0.0761 e. The number of benzene rings is 1. The quantitative estimate of drug-likeness (QED) is 0.650.